The second-order valence-corrected chi connectivity index (χ2v) is 7.32. The van der Waals surface area contributed by atoms with Gasteiger partial charge in [-0.05, 0) is 54.9 Å². The molecule has 2 heterocycles. The molecule has 0 aliphatic carbocycles. The SMILES string of the molecule is NCCC1CN(C(=O)CC2CCSCC2)c2ccccc21. The second-order valence-electron chi connectivity index (χ2n) is 6.10. The van der Waals surface area contributed by atoms with E-state index in [9.17, 15) is 4.79 Å². The van der Waals surface area contributed by atoms with Crippen molar-refractivity contribution in [2.45, 2.75) is 31.6 Å². The fraction of sp³-hybridized carbons (Fsp3) is 0.588. The molecule has 1 unspecified atom stereocenters. The van der Waals surface area contributed by atoms with Crippen LogP contribution < -0.4 is 10.6 Å². The number of thioether (sulfide) groups is 1. The van der Waals surface area contributed by atoms with E-state index in [0.29, 0.717) is 30.7 Å². The summed E-state index contributed by atoms with van der Waals surface area (Å²) in [6.45, 7) is 1.50. The Morgan fingerprint density at radius 2 is 2.05 bits per heavy atom. The molecule has 0 aromatic heterocycles. The van der Waals surface area contributed by atoms with E-state index in [1.807, 2.05) is 22.7 Å². The lowest BCUT2D eigenvalue weighted by Crippen LogP contribution is -2.32. The number of fused-ring (bicyclic) bond motifs is 1. The van der Waals surface area contributed by atoms with Gasteiger partial charge in [0.2, 0.25) is 5.91 Å². The lowest BCUT2D eigenvalue weighted by molar-refractivity contribution is -0.119. The number of amides is 1. The number of hydrogen-bond acceptors (Lipinski definition) is 3. The molecule has 2 aliphatic rings. The molecule has 2 N–H and O–H groups in total. The van der Waals surface area contributed by atoms with E-state index in [4.69, 9.17) is 5.73 Å². The van der Waals surface area contributed by atoms with Crippen LogP contribution >= 0.6 is 11.8 Å². The van der Waals surface area contributed by atoms with E-state index in [2.05, 4.69) is 18.2 Å². The lowest BCUT2D eigenvalue weighted by atomic mass is 9.98. The first-order chi connectivity index (χ1) is 10.3. The molecule has 1 aromatic carbocycles. The maximum atomic E-state index is 12.7. The first-order valence-electron chi connectivity index (χ1n) is 7.96. The molecule has 1 amide bonds. The van der Waals surface area contributed by atoms with Crippen LogP contribution in [0.2, 0.25) is 0 Å². The molecule has 1 fully saturated rings. The minimum Gasteiger partial charge on any atom is -0.330 e. The zero-order chi connectivity index (χ0) is 14.7. The van der Waals surface area contributed by atoms with E-state index < -0.39 is 0 Å². The number of benzene rings is 1. The monoisotopic (exact) mass is 304 g/mol. The summed E-state index contributed by atoms with van der Waals surface area (Å²) in [6.07, 6.45) is 4.06. The summed E-state index contributed by atoms with van der Waals surface area (Å²) < 4.78 is 0. The van der Waals surface area contributed by atoms with Gasteiger partial charge in [-0.1, -0.05) is 18.2 Å². The van der Waals surface area contributed by atoms with Crippen LogP contribution in [0, 0.1) is 5.92 Å². The Labute approximate surface area is 131 Å². The van der Waals surface area contributed by atoms with E-state index in [1.54, 1.807) is 0 Å². The first-order valence-corrected chi connectivity index (χ1v) is 9.12. The minimum absolute atomic E-state index is 0.305. The molecule has 0 radical (unpaired) electrons. The number of para-hydroxylation sites is 1. The molecule has 0 saturated carbocycles. The molecular weight excluding hydrogens is 280 g/mol. The standard InChI is InChI=1S/C17H24N2OS/c18-8-5-14-12-19(16-4-2-1-3-15(14)16)17(20)11-13-6-9-21-10-7-13/h1-4,13-14H,5-12,18H2. The topological polar surface area (TPSA) is 46.3 Å². The quantitative estimate of drug-likeness (QED) is 0.930. The van der Waals surface area contributed by atoms with E-state index in [0.717, 1.165) is 18.7 Å². The second kappa shape index (κ2) is 6.84. The van der Waals surface area contributed by atoms with Crippen LogP contribution in [0.15, 0.2) is 24.3 Å². The van der Waals surface area contributed by atoms with Crippen LogP contribution in [0.1, 0.15) is 37.2 Å². The zero-order valence-corrected chi connectivity index (χ0v) is 13.3. The molecule has 2 aliphatic heterocycles. The lowest BCUT2D eigenvalue weighted by Gasteiger charge is -2.24. The van der Waals surface area contributed by atoms with Crippen LogP contribution in [0.5, 0.6) is 0 Å². The fourth-order valence-electron chi connectivity index (χ4n) is 3.49. The number of anilines is 1. The molecular formula is C17H24N2OS. The number of nitrogens with two attached hydrogens (primary N) is 1. The summed E-state index contributed by atoms with van der Waals surface area (Å²) >= 11 is 2.01. The Morgan fingerprint density at radius 3 is 2.81 bits per heavy atom. The Kier molecular flexibility index (Phi) is 4.86. The molecule has 1 atom stereocenters. The minimum atomic E-state index is 0.305. The third-order valence-electron chi connectivity index (χ3n) is 4.69. The van der Waals surface area contributed by atoms with Gasteiger partial charge in [0.25, 0.3) is 0 Å². The maximum Gasteiger partial charge on any atom is 0.227 e. The highest BCUT2D eigenvalue weighted by atomic mass is 32.2. The Hall–Kier alpha value is -1.00. The summed E-state index contributed by atoms with van der Waals surface area (Å²) in [6, 6.07) is 8.33. The van der Waals surface area contributed by atoms with Crippen LogP contribution in [-0.4, -0.2) is 30.5 Å². The molecule has 114 valence electrons. The predicted octanol–water partition coefficient (Wildman–Crippen LogP) is 3.00. The summed E-state index contributed by atoms with van der Waals surface area (Å²) in [5, 5.41) is 0. The zero-order valence-electron chi connectivity index (χ0n) is 12.5. The smallest absolute Gasteiger partial charge is 0.227 e. The largest absolute Gasteiger partial charge is 0.330 e. The normalized spacial score (nSPS) is 22.3. The predicted molar refractivity (Wildman–Crippen MR) is 89.9 cm³/mol. The fourth-order valence-corrected chi connectivity index (χ4v) is 4.69. The van der Waals surface area contributed by atoms with Gasteiger partial charge in [-0.15, -0.1) is 0 Å². The molecule has 3 rings (SSSR count). The van der Waals surface area contributed by atoms with Gasteiger partial charge < -0.3 is 10.6 Å². The van der Waals surface area contributed by atoms with Crippen molar-refractivity contribution in [3.8, 4) is 0 Å². The number of carbonyl (C=O) groups is 1. The van der Waals surface area contributed by atoms with Crippen molar-refractivity contribution < 1.29 is 4.79 Å². The number of carbonyl (C=O) groups excluding carboxylic acids is 1. The van der Waals surface area contributed by atoms with Crippen LogP contribution in [0.4, 0.5) is 5.69 Å². The van der Waals surface area contributed by atoms with Gasteiger partial charge >= 0.3 is 0 Å². The summed E-state index contributed by atoms with van der Waals surface area (Å²) in [7, 11) is 0. The third-order valence-corrected chi connectivity index (χ3v) is 5.74. The van der Waals surface area contributed by atoms with E-state index in [1.165, 1.54) is 29.9 Å². The highest BCUT2D eigenvalue weighted by Crippen LogP contribution is 2.38. The third kappa shape index (κ3) is 3.27. The van der Waals surface area contributed by atoms with Crippen molar-refractivity contribution >= 4 is 23.4 Å². The van der Waals surface area contributed by atoms with Gasteiger partial charge in [0.15, 0.2) is 0 Å². The maximum absolute atomic E-state index is 12.7. The van der Waals surface area contributed by atoms with Gasteiger partial charge in [0.05, 0.1) is 0 Å². The van der Waals surface area contributed by atoms with Crippen LogP contribution in [0.25, 0.3) is 0 Å². The van der Waals surface area contributed by atoms with Crippen LogP contribution in [-0.2, 0) is 4.79 Å². The van der Waals surface area contributed by atoms with Crippen molar-refractivity contribution in [3.05, 3.63) is 29.8 Å². The summed E-state index contributed by atoms with van der Waals surface area (Å²) in [5.41, 5.74) is 8.15. The average molecular weight is 304 g/mol. The Bertz CT molecular complexity index is 499. The van der Waals surface area contributed by atoms with Crippen molar-refractivity contribution in [1.29, 1.82) is 0 Å². The molecule has 1 aromatic rings. The van der Waals surface area contributed by atoms with Crippen molar-refractivity contribution in [2.24, 2.45) is 11.7 Å². The first kappa shape index (κ1) is 14.9. The van der Waals surface area contributed by atoms with Gasteiger partial charge in [0, 0.05) is 24.6 Å². The van der Waals surface area contributed by atoms with Gasteiger partial charge in [-0.2, -0.15) is 11.8 Å². The Morgan fingerprint density at radius 1 is 1.29 bits per heavy atom. The molecule has 3 nitrogen and oxygen atoms in total. The Balaban J connectivity index is 1.71. The highest BCUT2D eigenvalue weighted by Gasteiger charge is 2.32. The molecule has 21 heavy (non-hydrogen) atoms. The average Bonchev–Trinajstić information content (AvgIpc) is 2.88. The molecule has 0 bridgehead atoms. The highest BCUT2D eigenvalue weighted by molar-refractivity contribution is 7.99. The molecule has 0 spiro atoms. The van der Waals surface area contributed by atoms with Gasteiger partial charge in [0.1, 0.15) is 0 Å². The van der Waals surface area contributed by atoms with Crippen molar-refractivity contribution in [3.63, 3.8) is 0 Å². The number of nitrogens with zero attached hydrogens (tertiary/aromatic N) is 1. The summed E-state index contributed by atoms with van der Waals surface area (Å²) in [5.74, 6) is 3.73. The number of hydrogen-bond donors (Lipinski definition) is 1. The number of rotatable bonds is 4. The van der Waals surface area contributed by atoms with Crippen LogP contribution in [0.3, 0.4) is 0 Å². The van der Waals surface area contributed by atoms with E-state index in [-0.39, 0.29) is 0 Å². The van der Waals surface area contributed by atoms with Gasteiger partial charge in [-0.3, -0.25) is 4.79 Å². The van der Waals surface area contributed by atoms with Crippen molar-refractivity contribution in [2.75, 3.05) is 29.5 Å². The van der Waals surface area contributed by atoms with E-state index >= 15 is 0 Å². The molecule has 4 heteroatoms. The molecule has 1 saturated heterocycles. The summed E-state index contributed by atoms with van der Waals surface area (Å²) in [4.78, 5) is 14.7. The van der Waals surface area contributed by atoms with Crippen molar-refractivity contribution in [1.82, 2.24) is 0 Å². The van der Waals surface area contributed by atoms with Gasteiger partial charge in [-0.25, -0.2) is 0 Å².